The lowest BCUT2D eigenvalue weighted by Crippen LogP contribution is -2.15. The van der Waals surface area contributed by atoms with E-state index in [1.807, 2.05) is 19.9 Å². The monoisotopic (exact) mass is 276 g/mol. The van der Waals surface area contributed by atoms with Gasteiger partial charge in [-0.15, -0.1) is 0 Å². The van der Waals surface area contributed by atoms with Crippen LogP contribution in [0.15, 0.2) is 18.2 Å². The van der Waals surface area contributed by atoms with Gasteiger partial charge in [0, 0.05) is 11.6 Å². The van der Waals surface area contributed by atoms with E-state index in [4.69, 9.17) is 10.00 Å². The molecule has 20 heavy (non-hydrogen) atoms. The van der Waals surface area contributed by atoms with E-state index in [1.165, 1.54) is 19.2 Å². The van der Waals surface area contributed by atoms with Gasteiger partial charge in [-0.05, 0) is 24.5 Å². The summed E-state index contributed by atoms with van der Waals surface area (Å²) in [7, 11) is 1.32. The van der Waals surface area contributed by atoms with Gasteiger partial charge in [0.2, 0.25) is 0 Å². The van der Waals surface area contributed by atoms with Crippen molar-refractivity contribution in [3.8, 4) is 11.8 Å². The number of hydrogen-bond donors (Lipinski definition) is 0. The molecule has 0 saturated carbocycles. The summed E-state index contributed by atoms with van der Waals surface area (Å²) >= 11 is 0. The van der Waals surface area contributed by atoms with Crippen molar-refractivity contribution < 1.29 is 14.5 Å². The van der Waals surface area contributed by atoms with Crippen molar-refractivity contribution in [2.24, 2.45) is 11.8 Å². The molecule has 0 spiro atoms. The zero-order chi connectivity index (χ0) is 15.3. The van der Waals surface area contributed by atoms with Crippen molar-refractivity contribution in [3.05, 3.63) is 33.9 Å². The number of hydrogen-bond acceptors (Lipinski definition) is 5. The van der Waals surface area contributed by atoms with Crippen LogP contribution in [0.1, 0.15) is 30.6 Å². The molecule has 6 nitrogen and oxygen atoms in total. The number of nitro benzene ring substituents is 1. The maximum atomic E-state index is 12.2. The topological polar surface area (TPSA) is 93.2 Å². The molecule has 1 rings (SSSR count). The van der Waals surface area contributed by atoms with Gasteiger partial charge in [-0.3, -0.25) is 14.9 Å². The van der Waals surface area contributed by atoms with E-state index in [-0.39, 0.29) is 22.9 Å². The molecule has 0 aliphatic rings. The van der Waals surface area contributed by atoms with Crippen molar-refractivity contribution in [2.75, 3.05) is 7.11 Å². The van der Waals surface area contributed by atoms with Gasteiger partial charge in [-0.2, -0.15) is 5.26 Å². The number of nitriles is 1. The molecule has 1 atom stereocenters. The molecule has 0 aromatic heterocycles. The summed E-state index contributed by atoms with van der Waals surface area (Å²) in [6.07, 6.45) is 0.426. The van der Waals surface area contributed by atoms with Gasteiger partial charge in [0.25, 0.3) is 0 Å². The molecular weight excluding hydrogens is 260 g/mol. The minimum atomic E-state index is -0.789. The highest BCUT2D eigenvalue weighted by Gasteiger charge is 2.24. The lowest BCUT2D eigenvalue weighted by atomic mass is 9.91. The van der Waals surface area contributed by atoms with Crippen molar-refractivity contribution in [1.29, 1.82) is 5.26 Å². The smallest absolute Gasteiger partial charge is 0.311 e. The average Bonchev–Trinajstić information content (AvgIpc) is 2.42. The Labute approximate surface area is 117 Å². The lowest BCUT2D eigenvalue weighted by Gasteiger charge is -2.11. The van der Waals surface area contributed by atoms with Crippen LogP contribution in [-0.2, 0) is 0 Å². The van der Waals surface area contributed by atoms with E-state index in [1.54, 1.807) is 0 Å². The van der Waals surface area contributed by atoms with Crippen LogP contribution in [0.2, 0.25) is 0 Å². The molecule has 1 aromatic carbocycles. The van der Waals surface area contributed by atoms with E-state index >= 15 is 0 Å². The Hall–Kier alpha value is -2.42. The number of benzene rings is 1. The highest BCUT2D eigenvalue weighted by Crippen LogP contribution is 2.29. The number of carbonyl (C=O) groups is 1. The van der Waals surface area contributed by atoms with Gasteiger partial charge < -0.3 is 4.74 Å². The second-order valence-electron chi connectivity index (χ2n) is 4.82. The van der Waals surface area contributed by atoms with Crippen molar-refractivity contribution in [3.63, 3.8) is 0 Å². The molecule has 0 aliphatic carbocycles. The SMILES string of the molecule is COc1ccc(C(=O)C(C#N)CC(C)C)cc1[N+](=O)[O-]. The van der Waals surface area contributed by atoms with Crippen LogP contribution in [0, 0.1) is 33.3 Å². The zero-order valence-corrected chi connectivity index (χ0v) is 11.6. The molecule has 1 aromatic rings. The Balaban J connectivity index is 3.14. The Morgan fingerprint density at radius 2 is 2.15 bits per heavy atom. The van der Waals surface area contributed by atoms with Crippen molar-refractivity contribution >= 4 is 11.5 Å². The number of methoxy groups -OCH3 is 1. The minimum Gasteiger partial charge on any atom is -0.490 e. The summed E-state index contributed by atoms with van der Waals surface area (Å²) in [6, 6.07) is 5.93. The number of rotatable bonds is 6. The third kappa shape index (κ3) is 3.54. The molecule has 0 heterocycles. The van der Waals surface area contributed by atoms with Gasteiger partial charge in [0.05, 0.1) is 18.1 Å². The molecule has 0 amide bonds. The summed E-state index contributed by atoms with van der Waals surface area (Å²) in [5, 5.41) is 20.0. The fourth-order valence-corrected chi connectivity index (χ4v) is 1.88. The highest BCUT2D eigenvalue weighted by atomic mass is 16.6. The highest BCUT2D eigenvalue weighted by molar-refractivity contribution is 6.00. The third-order valence-corrected chi connectivity index (χ3v) is 2.84. The Morgan fingerprint density at radius 3 is 2.60 bits per heavy atom. The summed E-state index contributed by atoms with van der Waals surface area (Å²) in [6.45, 7) is 3.82. The average molecular weight is 276 g/mol. The summed E-state index contributed by atoms with van der Waals surface area (Å²) in [5.41, 5.74) is -0.121. The second-order valence-corrected chi connectivity index (χ2v) is 4.82. The normalized spacial score (nSPS) is 11.8. The molecule has 0 radical (unpaired) electrons. The number of carbonyl (C=O) groups excluding carboxylic acids is 1. The standard InChI is InChI=1S/C14H16N2O4/c1-9(2)6-11(8-15)14(17)10-4-5-13(20-3)12(7-10)16(18)19/h4-5,7,9,11H,6H2,1-3H3. The van der Waals surface area contributed by atoms with Gasteiger partial charge in [0.15, 0.2) is 11.5 Å². The van der Waals surface area contributed by atoms with Crippen LogP contribution in [0.4, 0.5) is 5.69 Å². The van der Waals surface area contributed by atoms with Crippen molar-refractivity contribution in [1.82, 2.24) is 0 Å². The summed E-state index contributed by atoms with van der Waals surface area (Å²) in [5.74, 6) is -0.907. The Kier molecular flexibility index (Phi) is 5.21. The van der Waals surface area contributed by atoms with Crippen LogP contribution in [0.3, 0.4) is 0 Å². The molecule has 1 unspecified atom stereocenters. The van der Waals surface area contributed by atoms with E-state index in [0.29, 0.717) is 6.42 Å². The first-order chi connectivity index (χ1) is 9.40. The summed E-state index contributed by atoms with van der Waals surface area (Å²) < 4.78 is 4.87. The predicted octanol–water partition coefficient (Wildman–Crippen LogP) is 2.97. The molecule has 106 valence electrons. The van der Waals surface area contributed by atoms with Gasteiger partial charge in [-0.1, -0.05) is 13.8 Å². The molecule has 0 aliphatic heterocycles. The fourth-order valence-electron chi connectivity index (χ4n) is 1.88. The molecule has 6 heteroatoms. The van der Waals surface area contributed by atoms with E-state index in [2.05, 4.69) is 0 Å². The first kappa shape index (κ1) is 15.6. The zero-order valence-electron chi connectivity index (χ0n) is 11.6. The largest absolute Gasteiger partial charge is 0.490 e. The predicted molar refractivity (Wildman–Crippen MR) is 72.5 cm³/mol. The molecule has 0 bridgehead atoms. The first-order valence-electron chi connectivity index (χ1n) is 6.17. The molecule has 0 fully saturated rings. The minimum absolute atomic E-state index is 0.0870. The molecular formula is C14H16N2O4. The van der Waals surface area contributed by atoms with Gasteiger partial charge >= 0.3 is 5.69 Å². The van der Waals surface area contributed by atoms with Gasteiger partial charge in [0.1, 0.15) is 5.92 Å². The number of ether oxygens (including phenoxy) is 1. The second kappa shape index (κ2) is 6.66. The summed E-state index contributed by atoms with van der Waals surface area (Å²) in [4.78, 5) is 22.5. The van der Waals surface area contributed by atoms with Crippen LogP contribution in [0.5, 0.6) is 5.75 Å². The lowest BCUT2D eigenvalue weighted by molar-refractivity contribution is -0.385. The Bertz CT molecular complexity index is 561. The first-order valence-corrected chi connectivity index (χ1v) is 6.17. The molecule has 0 saturated heterocycles. The maximum absolute atomic E-state index is 12.2. The van der Waals surface area contributed by atoms with E-state index < -0.39 is 16.6 Å². The van der Waals surface area contributed by atoms with E-state index in [0.717, 1.165) is 6.07 Å². The quantitative estimate of drug-likeness (QED) is 0.452. The Morgan fingerprint density at radius 1 is 1.50 bits per heavy atom. The fraction of sp³-hybridized carbons (Fsp3) is 0.429. The maximum Gasteiger partial charge on any atom is 0.311 e. The third-order valence-electron chi connectivity index (χ3n) is 2.84. The number of Topliss-reactive ketones (excluding diaryl/α,β-unsaturated/α-hetero) is 1. The van der Waals surface area contributed by atoms with Gasteiger partial charge in [-0.25, -0.2) is 0 Å². The number of ketones is 1. The number of nitrogens with zero attached hydrogens (tertiary/aromatic N) is 2. The van der Waals surface area contributed by atoms with E-state index in [9.17, 15) is 14.9 Å². The van der Waals surface area contributed by atoms with Crippen LogP contribution in [-0.4, -0.2) is 17.8 Å². The van der Waals surface area contributed by atoms with Crippen LogP contribution in [0.25, 0.3) is 0 Å². The number of nitro groups is 1. The van der Waals surface area contributed by atoms with Crippen LogP contribution >= 0.6 is 0 Å². The van der Waals surface area contributed by atoms with Crippen molar-refractivity contribution in [2.45, 2.75) is 20.3 Å². The molecule has 0 N–H and O–H groups in total. The van der Waals surface area contributed by atoms with Crippen LogP contribution < -0.4 is 4.74 Å².